The Morgan fingerprint density at radius 3 is 2.41 bits per heavy atom. The molecule has 0 aliphatic rings. The minimum absolute atomic E-state index is 0.172. The zero-order valence-corrected chi connectivity index (χ0v) is 15.6. The third-order valence-electron chi connectivity index (χ3n) is 3.87. The van der Waals surface area contributed by atoms with E-state index in [4.69, 9.17) is 4.74 Å². The second-order valence-corrected chi connectivity index (χ2v) is 6.00. The number of anilines is 1. The number of carbonyl (C=O) groups excluding carboxylic acids is 2. The van der Waals surface area contributed by atoms with Crippen LogP contribution in [0, 0.1) is 0 Å². The summed E-state index contributed by atoms with van der Waals surface area (Å²) in [5, 5.41) is 14.5. The van der Waals surface area contributed by atoms with Gasteiger partial charge in [-0.1, -0.05) is 12.1 Å². The largest absolute Gasteiger partial charge is 0.508 e. The van der Waals surface area contributed by atoms with Gasteiger partial charge < -0.3 is 20.5 Å². The van der Waals surface area contributed by atoms with E-state index < -0.39 is 0 Å². The molecule has 0 aliphatic carbocycles. The van der Waals surface area contributed by atoms with Gasteiger partial charge in [-0.3, -0.25) is 14.6 Å². The van der Waals surface area contributed by atoms with Crippen molar-refractivity contribution < 1.29 is 19.4 Å². The number of amides is 2. The molecule has 7 heteroatoms. The molecule has 0 saturated carbocycles. The summed E-state index contributed by atoms with van der Waals surface area (Å²) in [6.07, 6.45) is 4.56. The fourth-order valence-corrected chi connectivity index (χ4v) is 2.41. The Morgan fingerprint density at radius 2 is 1.72 bits per heavy atom. The molecular weight excluding hydrogens is 370 g/mol. The first-order valence-electron chi connectivity index (χ1n) is 8.77. The molecule has 2 amide bonds. The summed E-state index contributed by atoms with van der Waals surface area (Å²) in [5.74, 6) is 0.624. The van der Waals surface area contributed by atoms with Crippen LogP contribution in [0.2, 0.25) is 0 Å². The quantitative estimate of drug-likeness (QED) is 0.560. The Balaban J connectivity index is 1.59. The lowest BCUT2D eigenvalue weighted by atomic mass is 10.2. The van der Waals surface area contributed by atoms with Crippen LogP contribution in [0.15, 0.2) is 72.9 Å². The standard InChI is InChI=1S/C22H19N3O4/c1-23-22(28)20-14-19(12-13-24-20)29-18-9-5-16(6-10-18)25-21(27)11-4-15-2-7-17(26)8-3-15/h2-14,26H,1H3,(H,23,28)(H,25,27)/b11-4+. The van der Waals surface area contributed by atoms with Gasteiger partial charge in [-0.05, 0) is 54.1 Å². The smallest absolute Gasteiger partial charge is 0.269 e. The molecular formula is C22H19N3O4. The molecule has 0 atom stereocenters. The van der Waals surface area contributed by atoms with Crippen molar-refractivity contribution in [2.75, 3.05) is 12.4 Å². The zero-order chi connectivity index (χ0) is 20.6. The number of nitrogens with zero attached hydrogens (tertiary/aromatic N) is 1. The van der Waals surface area contributed by atoms with Crippen LogP contribution in [0.4, 0.5) is 5.69 Å². The summed E-state index contributed by atoms with van der Waals surface area (Å²) < 4.78 is 5.72. The van der Waals surface area contributed by atoms with Crippen LogP contribution in [0.5, 0.6) is 17.2 Å². The van der Waals surface area contributed by atoms with E-state index in [1.54, 1.807) is 66.7 Å². The van der Waals surface area contributed by atoms with Crippen molar-refractivity contribution in [3.05, 3.63) is 84.2 Å². The highest BCUT2D eigenvalue weighted by Crippen LogP contribution is 2.23. The Labute approximate surface area is 167 Å². The average Bonchev–Trinajstić information content (AvgIpc) is 2.74. The monoisotopic (exact) mass is 389 g/mol. The predicted octanol–water partition coefficient (Wildman–Crippen LogP) is 3.59. The SMILES string of the molecule is CNC(=O)c1cc(Oc2ccc(NC(=O)/C=C/c3ccc(O)cc3)cc2)ccn1. The number of hydrogen-bond acceptors (Lipinski definition) is 5. The first-order valence-corrected chi connectivity index (χ1v) is 8.77. The van der Waals surface area contributed by atoms with E-state index in [0.29, 0.717) is 17.2 Å². The lowest BCUT2D eigenvalue weighted by Gasteiger charge is -2.08. The molecule has 0 radical (unpaired) electrons. The summed E-state index contributed by atoms with van der Waals surface area (Å²) in [7, 11) is 1.53. The number of ether oxygens (including phenoxy) is 1. The van der Waals surface area contributed by atoms with Crippen LogP contribution in [-0.2, 0) is 4.79 Å². The molecule has 2 aromatic carbocycles. The Morgan fingerprint density at radius 1 is 1.00 bits per heavy atom. The van der Waals surface area contributed by atoms with E-state index >= 15 is 0 Å². The summed E-state index contributed by atoms with van der Waals surface area (Å²) >= 11 is 0. The number of phenolic OH excluding ortho intramolecular Hbond substituents is 1. The lowest BCUT2D eigenvalue weighted by molar-refractivity contribution is -0.111. The summed E-state index contributed by atoms with van der Waals surface area (Å²) in [6.45, 7) is 0. The molecule has 0 unspecified atom stereocenters. The number of phenols is 1. The molecule has 3 rings (SSSR count). The maximum absolute atomic E-state index is 12.0. The van der Waals surface area contributed by atoms with Crippen LogP contribution in [0.25, 0.3) is 6.08 Å². The zero-order valence-electron chi connectivity index (χ0n) is 15.6. The van der Waals surface area contributed by atoms with Gasteiger partial charge in [0, 0.05) is 31.1 Å². The van der Waals surface area contributed by atoms with E-state index in [1.165, 1.54) is 19.3 Å². The number of nitrogens with one attached hydrogen (secondary N) is 2. The van der Waals surface area contributed by atoms with Crippen molar-refractivity contribution in [2.24, 2.45) is 0 Å². The van der Waals surface area contributed by atoms with Gasteiger partial charge in [-0.25, -0.2) is 0 Å². The second-order valence-electron chi connectivity index (χ2n) is 6.00. The minimum Gasteiger partial charge on any atom is -0.508 e. The first kappa shape index (κ1) is 19.6. The highest BCUT2D eigenvalue weighted by molar-refractivity contribution is 6.01. The van der Waals surface area contributed by atoms with Crippen LogP contribution < -0.4 is 15.4 Å². The fraction of sp³-hybridized carbons (Fsp3) is 0.0455. The highest BCUT2D eigenvalue weighted by Gasteiger charge is 2.07. The molecule has 3 aromatic rings. The summed E-state index contributed by atoms with van der Waals surface area (Å²) in [6, 6.07) is 16.6. The molecule has 29 heavy (non-hydrogen) atoms. The van der Waals surface area contributed by atoms with Gasteiger partial charge in [0.15, 0.2) is 0 Å². The predicted molar refractivity (Wildman–Crippen MR) is 110 cm³/mol. The number of carbonyl (C=O) groups is 2. The molecule has 0 bridgehead atoms. The Bertz CT molecular complexity index is 1030. The molecule has 1 heterocycles. The normalized spacial score (nSPS) is 10.5. The van der Waals surface area contributed by atoms with Crippen LogP contribution in [0.3, 0.4) is 0 Å². The molecule has 3 N–H and O–H groups in total. The van der Waals surface area contributed by atoms with E-state index in [2.05, 4.69) is 15.6 Å². The lowest BCUT2D eigenvalue weighted by Crippen LogP contribution is -2.18. The number of hydrogen-bond donors (Lipinski definition) is 3. The van der Waals surface area contributed by atoms with Crippen molar-refractivity contribution in [1.29, 1.82) is 0 Å². The molecule has 0 fully saturated rings. The molecule has 7 nitrogen and oxygen atoms in total. The average molecular weight is 389 g/mol. The molecule has 0 aliphatic heterocycles. The first-order chi connectivity index (χ1) is 14.0. The van der Waals surface area contributed by atoms with Crippen LogP contribution >= 0.6 is 0 Å². The number of aromatic hydroxyl groups is 1. The van der Waals surface area contributed by atoms with Gasteiger partial charge in [0.25, 0.3) is 5.91 Å². The highest BCUT2D eigenvalue weighted by atomic mass is 16.5. The third-order valence-corrected chi connectivity index (χ3v) is 3.87. The van der Waals surface area contributed by atoms with Gasteiger partial charge in [-0.15, -0.1) is 0 Å². The van der Waals surface area contributed by atoms with Crippen molar-refractivity contribution in [1.82, 2.24) is 10.3 Å². The van der Waals surface area contributed by atoms with E-state index in [1.807, 2.05) is 0 Å². The summed E-state index contributed by atoms with van der Waals surface area (Å²) in [5.41, 5.74) is 1.67. The second kappa shape index (κ2) is 9.18. The number of pyridine rings is 1. The van der Waals surface area contributed by atoms with E-state index in [9.17, 15) is 14.7 Å². The van der Waals surface area contributed by atoms with E-state index in [-0.39, 0.29) is 23.3 Å². The maximum Gasteiger partial charge on any atom is 0.269 e. The number of benzene rings is 2. The number of rotatable bonds is 6. The minimum atomic E-state index is -0.297. The molecule has 146 valence electrons. The van der Waals surface area contributed by atoms with Gasteiger partial charge in [0.05, 0.1) is 0 Å². The van der Waals surface area contributed by atoms with E-state index in [0.717, 1.165) is 5.56 Å². The van der Waals surface area contributed by atoms with Crippen molar-refractivity contribution >= 4 is 23.6 Å². The maximum atomic E-state index is 12.0. The van der Waals surface area contributed by atoms with Gasteiger partial charge in [0.2, 0.25) is 5.91 Å². The Hall–Kier alpha value is -4.13. The molecule has 1 aromatic heterocycles. The van der Waals surface area contributed by atoms with Crippen molar-refractivity contribution in [2.45, 2.75) is 0 Å². The third kappa shape index (κ3) is 5.67. The van der Waals surface area contributed by atoms with Gasteiger partial charge in [0.1, 0.15) is 22.9 Å². The van der Waals surface area contributed by atoms with Gasteiger partial charge >= 0.3 is 0 Å². The van der Waals surface area contributed by atoms with Crippen molar-refractivity contribution in [3.63, 3.8) is 0 Å². The fourth-order valence-electron chi connectivity index (χ4n) is 2.41. The topological polar surface area (TPSA) is 101 Å². The van der Waals surface area contributed by atoms with Crippen molar-refractivity contribution in [3.8, 4) is 17.2 Å². The van der Waals surface area contributed by atoms with Crippen LogP contribution in [0.1, 0.15) is 16.1 Å². The Kier molecular flexibility index (Phi) is 6.22. The number of aromatic nitrogens is 1. The van der Waals surface area contributed by atoms with Gasteiger partial charge in [-0.2, -0.15) is 0 Å². The summed E-state index contributed by atoms with van der Waals surface area (Å²) in [4.78, 5) is 27.7. The van der Waals surface area contributed by atoms with Crippen LogP contribution in [-0.4, -0.2) is 29.0 Å². The molecule has 0 saturated heterocycles. The molecule has 0 spiro atoms.